The molecule has 0 spiro atoms. The Morgan fingerprint density at radius 3 is 2.95 bits per heavy atom. The number of H-pyrrole nitrogens is 1. The number of phenolic OH excluding ortho intramolecular Hbond substituents is 1. The number of para-hydroxylation sites is 1. The number of aromatic nitrogens is 2. The van der Waals surface area contributed by atoms with Crippen LogP contribution in [-0.4, -0.2) is 32.1 Å². The Morgan fingerprint density at radius 1 is 1.42 bits per heavy atom. The van der Waals surface area contributed by atoms with Gasteiger partial charge in [0.2, 0.25) is 0 Å². The predicted molar refractivity (Wildman–Crippen MR) is 74.3 cm³/mol. The molecule has 1 fully saturated rings. The molecule has 0 aliphatic carbocycles. The van der Waals surface area contributed by atoms with Crippen molar-refractivity contribution in [2.45, 2.75) is 38.9 Å². The molecule has 1 aliphatic rings. The predicted octanol–water partition coefficient (Wildman–Crippen LogP) is 2.04. The maximum atomic E-state index is 12.2. The fourth-order valence-corrected chi connectivity index (χ4v) is 3.10. The summed E-state index contributed by atoms with van der Waals surface area (Å²) in [6.07, 6.45) is 2.06. The third-order valence-corrected chi connectivity index (χ3v) is 3.94. The second kappa shape index (κ2) is 4.42. The second-order valence-electron chi connectivity index (χ2n) is 5.43. The quantitative estimate of drug-likeness (QED) is 0.869. The number of nitrogens with one attached hydrogen (secondary N) is 1. The average molecular weight is 261 g/mol. The lowest BCUT2D eigenvalue weighted by atomic mass is 10.2. The lowest BCUT2D eigenvalue weighted by Gasteiger charge is -2.29. The number of aromatic amines is 1. The van der Waals surface area contributed by atoms with Gasteiger partial charge < -0.3 is 10.1 Å². The third kappa shape index (κ3) is 1.85. The smallest absolute Gasteiger partial charge is 0.327 e. The van der Waals surface area contributed by atoms with Gasteiger partial charge in [0.15, 0.2) is 0 Å². The minimum Gasteiger partial charge on any atom is -0.506 e. The summed E-state index contributed by atoms with van der Waals surface area (Å²) in [6, 6.07) is 5.57. The highest BCUT2D eigenvalue weighted by Gasteiger charge is 2.30. The molecule has 1 aromatic heterocycles. The first-order valence-corrected chi connectivity index (χ1v) is 6.77. The van der Waals surface area contributed by atoms with Gasteiger partial charge in [-0.2, -0.15) is 0 Å². The molecule has 1 saturated heterocycles. The number of nitrogens with zero attached hydrogens (tertiary/aromatic N) is 2. The number of likely N-dealkylation sites (tertiary alicyclic amines) is 1. The Balaban J connectivity index is 2.20. The van der Waals surface area contributed by atoms with E-state index in [1.165, 1.54) is 0 Å². The van der Waals surface area contributed by atoms with E-state index in [0.29, 0.717) is 17.1 Å². The van der Waals surface area contributed by atoms with Crippen LogP contribution in [0.3, 0.4) is 0 Å². The first kappa shape index (κ1) is 12.3. The fourth-order valence-electron chi connectivity index (χ4n) is 3.10. The topological polar surface area (TPSA) is 61.3 Å². The van der Waals surface area contributed by atoms with Crippen LogP contribution in [-0.2, 0) is 0 Å². The lowest BCUT2D eigenvalue weighted by molar-refractivity contribution is 0.152. The Bertz CT molecular complexity index is 656. The van der Waals surface area contributed by atoms with Gasteiger partial charge in [0.1, 0.15) is 11.3 Å². The standard InChI is InChI=1S/C14H19N3O2/c1-9(2)16-8-4-7-12(16)17-13-10(15-14(17)19)5-3-6-11(13)18/h3,5-6,9,12,18H,4,7-8H2,1-2H3,(H,15,19). The van der Waals surface area contributed by atoms with E-state index in [1.807, 2.05) is 6.07 Å². The summed E-state index contributed by atoms with van der Waals surface area (Å²) in [5.41, 5.74) is 1.17. The average Bonchev–Trinajstić information content (AvgIpc) is 2.92. The normalized spacial score (nSPS) is 20.7. The van der Waals surface area contributed by atoms with Crippen LogP contribution in [0.4, 0.5) is 0 Å². The first-order chi connectivity index (χ1) is 9.09. The summed E-state index contributed by atoms with van der Waals surface area (Å²) in [4.78, 5) is 17.3. The number of hydrogen-bond acceptors (Lipinski definition) is 3. The summed E-state index contributed by atoms with van der Waals surface area (Å²) in [5, 5.41) is 10.1. The highest BCUT2D eigenvalue weighted by Crippen LogP contribution is 2.32. The molecule has 19 heavy (non-hydrogen) atoms. The zero-order chi connectivity index (χ0) is 13.6. The third-order valence-electron chi connectivity index (χ3n) is 3.94. The molecule has 102 valence electrons. The minimum absolute atomic E-state index is 0.0366. The number of fused-ring (bicyclic) bond motifs is 1. The molecule has 2 aromatic rings. The van der Waals surface area contributed by atoms with E-state index in [4.69, 9.17) is 0 Å². The minimum atomic E-state index is -0.144. The summed E-state index contributed by atoms with van der Waals surface area (Å²) in [5.74, 6) is 0.159. The molecule has 0 amide bonds. The molecule has 0 radical (unpaired) electrons. The molecular weight excluding hydrogens is 242 g/mol. The molecule has 1 unspecified atom stereocenters. The number of rotatable bonds is 2. The molecule has 0 saturated carbocycles. The number of aromatic hydroxyl groups is 1. The van der Waals surface area contributed by atoms with E-state index in [0.717, 1.165) is 19.4 Å². The van der Waals surface area contributed by atoms with Gasteiger partial charge in [-0.15, -0.1) is 0 Å². The molecule has 1 aromatic carbocycles. The zero-order valence-corrected chi connectivity index (χ0v) is 11.3. The number of hydrogen-bond donors (Lipinski definition) is 2. The van der Waals surface area contributed by atoms with Crippen molar-refractivity contribution in [1.82, 2.24) is 14.5 Å². The van der Waals surface area contributed by atoms with Gasteiger partial charge in [0, 0.05) is 12.6 Å². The van der Waals surface area contributed by atoms with Crippen molar-refractivity contribution in [2.24, 2.45) is 0 Å². The fraction of sp³-hybridized carbons (Fsp3) is 0.500. The Morgan fingerprint density at radius 2 is 2.21 bits per heavy atom. The maximum Gasteiger partial charge on any atom is 0.327 e. The van der Waals surface area contributed by atoms with Crippen LogP contribution in [0.1, 0.15) is 32.9 Å². The molecule has 1 aliphatic heterocycles. The summed E-state index contributed by atoms with van der Waals surface area (Å²) >= 11 is 0. The van der Waals surface area contributed by atoms with Gasteiger partial charge in [-0.25, -0.2) is 4.79 Å². The largest absolute Gasteiger partial charge is 0.506 e. The van der Waals surface area contributed by atoms with Crippen LogP contribution in [0.25, 0.3) is 11.0 Å². The van der Waals surface area contributed by atoms with E-state index in [-0.39, 0.29) is 17.6 Å². The van der Waals surface area contributed by atoms with Crippen LogP contribution < -0.4 is 5.69 Å². The highest BCUT2D eigenvalue weighted by atomic mass is 16.3. The van der Waals surface area contributed by atoms with E-state index in [1.54, 1.807) is 16.7 Å². The first-order valence-electron chi connectivity index (χ1n) is 6.77. The lowest BCUT2D eigenvalue weighted by Crippen LogP contribution is -2.37. The Kier molecular flexibility index (Phi) is 2.86. The Hall–Kier alpha value is -1.75. The molecule has 2 N–H and O–H groups in total. The van der Waals surface area contributed by atoms with Gasteiger partial charge in [0.25, 0.3) is 0 Å². The van der Waals surface area contributed by atoms with Crippen LogP contribution >= 0.6 is 0 Å². The van der Waals surface area contributed by atoms with Gasteiger partial charge in [-0.3, -0.25) is 9.47 Å². The molecule has 1 atom stereocenters. The van der Waals surface area contributed by atoms with Crippen molar-refractivity contribution < 1.29 is 5.11 Å². The highest BCUT2D eigenvalue weighted by molar-refractivity contribution is 5.81. The van der Waals surface area contributed by atoms with Gasteiger partial charge >= 0.3 is 5.69 Å². The Labute approximate surface area is 111 Å². The second-order valence-corrected chi connectivity index (χ2v) is 5.43. The number of benzene rings is 1. The number of imidazole rings is 1. The monoisotopic (exact) mass is 261 g/mol. The van der Waals surface area contributed by atoms with E-state index in [9.17, 15) is 9.90 Å². The molecule has 5 heteroatoms. The van der Waals surface area contributed by atoms with Crippen LogP contribution in [0.5, 0.6) is 5.75 Å². The van der Waals surface area contributed by atoms with Gasteiger partial charge in [-0.1, -0.05) is 6.07 Å². The molecule has 5 nitrogen and oxygen atoms in total. The van der Waals surface area contributed by atoms with E-state index >= 15 is 0 Å². The summed E-state index contributed by atoms with van der Waals surface area (Å²) < 4.78 is 1.71. The van der Waals surface area contributed by atoms with Crippen LogP contribution in [0.15, 0.2) is 23.0 Å². The van der Waals surface area contributed by atoms with Crippen molar-refractivity contribution in [3.8, 4) is 5.75 Å². The number of phenols is 1. The zero-order valence-electron chi connectivity index (χ0n) is 11.3. The van der Waals surface area contributed by atoms with Gasteiger partial charge in [-0.05, 0) is 38.8 Å². The van der Waals surface area contributed by atoms with Crippen LogP contribution in [0, 0.1) is 0 Å². The van der Waals surface area contributed by atoms with Crippen molar-refractivity contribution in [3.63, 3.8) is 0 Å². The van der Waals surface area contributed by atoms with Crippen molar-refractivity contribution in [2.75, 3.05) is 6.54 Å². The van der Waals surface area contributed by atoms with Crippen molar-refractivity contribution in [1.29, 1.82) is 0 Å². The van der Waals surface area contributed by atoms with Gasteiger partial charge in [0.05, 0.1) is 11.7 Å². The molecule has 2 heterocycles. The maximum absolute atomic E-state index is 12.2. The summed E-state index contributed by atoms with van der Waals surface area (Å²) in [7, 11) is 0. The summed E-state index contributed by atoms with van der Waals surface area (Å²) in [6.45, 7) is 5.27. The van der Waals surface area contributed by atoms with Crippen molar-refractivity contribution in [3.05, 3.63) is 28.7 Å². The van der Waals surface area contributed by atoms with E-state index in [2.05, 4.69) is 23.7 Å². The molecular formula is C14H19N3O2. The van der Waals surface area contributed by atoms with E-state index < -0.39 is 0 Å². The van der Waals surface area contributed by atoms with Crippen molar-refractivity contribution >= 4 is 11.0 Å². The molecule has 3 rings (SSSR count). The van der Waals surface area contributed by atoms with Crippen LogP contribution in [0.2, 0.25) is 0 Å². The molecule has 0 bridgehead atoms. The SMILES string of the molecule is CC(C)N1CCCC1n1c(=O)[nH]c2cccc(O)c21.